The van der Waals surface area contributed by atoms with Gasteiger partial charge in [-0.2, -0.15) is 0 Å². The predicted molar refractivity (Wildman–Crippen MR) is 203 cm³/mol. The van der Waals surface area contributed by atoms with Gasteiger partial charge in [0.25, 0.3) is 0 Å². The monoisotopic (exact) mass is 724 g/mol. The summed E-state index contributed by atoms with van der Waals surface area (Å²) < 4.78 is 12.9. The van der Waals surface area contributed by atoms with Gasteiger partial charge in [-0.1, -0.05) is 60.7 Å². The Balaban J connectivity index is 0.916. The Labute approximate surface area is 317 Å². The van der Waals surface area contributed by atoms with Crippen LogP contribution in [0.15, 0.2) is 91.4 Å². The molecule has 0 radical (unpaired) electrons. The molecule has 54 heavy (non-hydrogen) atoms. The Bertz CT molecular complexity index is 2000. The van der Waals surface area contributed by atoms with Crippen molar-refractivity contribution in [3.63, 3.8) is 0 Å². The molecule has 2 aromatic heterocycles. The fourth-order valence-corrected chi connectivity index (χ4v) is 10.5. The maximum Gasteiger partial charge on any atom is 0.410 e. The van der Waals surface area contributed by atoms with Gasteiger partial charge in [-0.3, -0.25) is 29.6 Å². The third kappa shape index (κ3) is 6.13. The van der Waals surface area contributed by atoms with Gasteiger partial charge in [-0.25, -0.2) is 9.59 Å². The number of benzene rings is 2. The topological polar surface area (TPSA) is 91.3 Å². The molecule has 4 bridgehead atoms. The van der Waals surface area contributed by atoms with Crippen LogP contribution in [0.25, 0.3) is 0 Å². The maximum atomic E-state index is 14.3. The molecular weight excluding hydrogens is 677 g/mol. The first kappa shape index (κ1) is 33.7. The first-order valence-electron chi connectivity index (χ1n) is 20.0. The number of ether oxygens (including phenoxy) is 2. The van der Waals surface area contributed by atoms with E-state index >= 15 is 0 Å². The average Bonchev–Trinajstić information content (AvgIpc) is 3.23. The van der Waals surface area contributed by atoms with Crippen LogP contribution in [0.1, 0.15) is 76.3 Å². The molecule has 8 aliphatic rings. The molecule has 4 aromatic rings. The Morgan fingerprint density at radius 3 is 1.96 bits per heavy atom. The van der Waals surface area contributed by atoms with E-state index in [0.717, 1.165) is 98.5 Å². The van der Waals surface area contributed by atoms with Crippen LogP contribution >= 0.6 is 0 Å². The van der Waals surface area contributed by atoms with Crippen LogP contribution in [-0.2, 0) is 22.3 Å². The molecule has 0 saturated carbocycles. The van der Waals surface area contributed by atoms with E-state index in [1.165, 1.54) is 5.56 Å². The van der Waals surface area contributed by atoms with E-state index in [1.807, 2.05) is 64.7 Å². The van der Waals surface area contributed by atoms with Crippen LogP contribution in [-0.4, -0.2) is 106 Å². The van der Waals surface area contributed by atoms with Crippen molar-refractivity contribution in [2.75, 3.05) is 52.4 Å². The second kappa shape index (κ2) is 14.1. The normalized spacial score (nSPS) is 31.0. The van der Waals surface area contributed by atoms with Gasteiger partial charge in [-0.15, -0.1) is 0 Å². The number of hydrogen-bond acceptors (Lipinski definition) is 8. The number of piperidine rings is 6. The van der Waals surface area contributed by atoms with Gasteiger partial charge in [0.1, 0.15) is 12.2 Å². The summed E-state index contributed by atoms with van der Waals surface area (Å²) in [6, 6.07) is 24.4. The first-order valence-corrected chi connectivity index (χ1v) is 20.0. The van der Waals surface area contributed by atoms with E-state index in [1.54, 1.807) is 0 Å². The number of nitrogens with zero attached hydrogens (tertiary/aromatic N) is 6. The Kier molecular flexibility index (Phi) is 8.83. The van der Waals surface area contributed by atoms with E-state index in [0.29, 0.717) is 25.4 Å². The van der Waals surface area contributed by atoms with Crippen molar-refractivity contribution in [2.24, 2.45) is 11.8 Å². The Morgan fingerprint density at radius 2 is 1.28 bits per heavy atom. The van der Waals surface area contributed by atoms with Gasteiger partial charge in [0.2, 0.25) is 0 Å². The third-order valence-electron chi connectivity index (χ3n) is 13.3. The van der Waals surface area contributed by atoms with Gasteiger partial charge in [0.05, 0.1) is 12.1 Å². The highest BCUT2D eigenvalue weighted by Gasteiger charge is 2.46. The van der Waals surface area contributed by atoms with Gasteiger partial charge in [0.15, 0.2) is 0 Å². The minimum absolute atomic E-state index is 0.0478. The fraction of sp³-hybridized carbons (Fsp3) is 0.455. The van der Waals surface area contributed by atoms with Gasteiger partial charge >= 0.3 is 12.2 Å². The van der Waals surface area contributed by atoms with Crippen molar-refractivity contribution in [3.05, 3.63) is 130 Å². The number of aromatic nitrogens is 2. The molecule has 10 heteroatoms. The molecule has 0 aliphatic carbocycles. The summed E-state index contributed by atoms with van der Waals surface area (Å²) in [5, 5.41) is 0. The van der Waals surface area contributed by atoms with E-state index in [4.69, 9.17) is 14.5 Å². The lowest BCUT2D eigenvalue weighted by Crippen LogP contribution is -2.56. The zero-order valence-corrected chi connectivity index (χ0v) is 30.7. The number of rotatable bonds is 5. The number of hydrogen-bond donors (Lipinski definition) is 0. The summed E-state index contributed by atoms with van der Waals surface area (Å²) >= 11 is 0. The summed E-state index contributed by atoms with van der Waals surface area (Å²) in [7, 11) is 0. The van der Waals surface area contributed by atoms with Gasteiger partial charge in [0, 0.05) is 80.8 Å². The summed E-state index contributed by atoms with van der Waals surface area (Å²) in [6.07, 6.45) is 9.64. The molecule has 6 fully saturated rings. The minimum Gasteiger partial charge on any atom is -0.444 e. The third-order valence-corrected chi connectivity index (χ3v) is 13.3. The van der Waals surface area contributed by atoms with Crippen molar-refractivity contribution in [2.45, 2.75) is 62.3 Å². The smallest absolute Gasteiger partial charge is 0.410 e. The molecule has 8 aliphatic heterocycles. The molecule has 0 N–H and O–H groups in total. The van der Waals surface area contributed by atoms with Gasteiger partial charge < -0.3 is 9.47 Å². The fourth-order valence-electron chi connectivity index (χ4n) is 10.5. The molecule has 6 saturated heterocycles. The lowest BCUT2D eigenvalue weighted by molar-refractivity contribution is -0.0573. The average molecular weight is 725 g/mol. The van der Waals surface area contributed by atoms with Gasteiger partial charge in [-0.05, 0) is 91.2 Å². The SMILES string of the molecule is O=C(O[C@@H]1CN2CCC1C(c1cnc3c(c1)[C@H](c1ccccc1)N(C(=O)O[C@@H]1CN4CCC1CC4)CC3)C2)N1CCc2cnccc2[C@@H]1c1ccccc1. The zero-order chi connectivity index (χ0) is 36.2. The molecule has 2 amide bonds. The van der Waals surface area contributed by atoms with Crippen LogP contribution in [0.3, 0.4) is 0 Å². The molecule has 3 unspecified atom stereocenters. The standard InChI is InChI=1S/C44H48N6O4/c51-43(53-39-27-47-18-12-29(39)13-19-47)50-22-16-38-36(42(50)31-9-5-2-6-10-31)23-33(25-46-38)37-26-48-20-15-35(37)40(28-48)54-44(52)49-21-14-32-24-45-17-11-34(32)41(49)30-7-3-1-4-8-30/h1-11,17,23-25,29,35,37,39-42H,12-16,18-22,26-28H2/t35?,37?,39-,40-,41+,42+/m1/s1. The number of carbonyl (C=O) groups is 2. The number of amides is 2. The summed E-state index contributed by atoms with van der Waals surface area (Å²) in [5.74, 6) is 0.782. The van der Waals surface area contributed by atoms with Crippen LogP contribution in [0.2, 0.25) is 0 Å². The number of fused-ring (bicyclic) bond motifs is 8. The molecule has 278 valence electrons. The number of carbonyl (C=O) groups excluding carboxylic acids is 2. The van der Waals surface area contributed by atoms with Crippen LogP contribution in [0.5, 0.6) is 0 Å². The van der Waals surface area contributed by atoms with E-state index in [2.05, 4.69) is 51.3 Å². The maximum absolute atomic E-state index is 14.3. The summed E-state index contributed by atoms with van der Waals surface area (Å²) in [5.41, 5.74) is 7.70. The van der Waals surface area contributed by atoms with E-state index in [9.17, 15) is 9.59 Å². The molecule has 7 atom stereocenters. The van der Waals surface area contributed by atoms with Crippen molar-refractivity contribution in [3.8, 4) is 0 Å². The van der Waals surface area contributed by atoms with E-state index in [-0.39, 0.29) is 48.3 Å². The highest BCUT2D eigenvalue weighted by molar-refractivity contribution is 5.71. The van der Waals surface area contributed by atoms with E-state index < -0.39 is 0 Å². The van der Waals surface area contributed by atoms with Crippen LogP contribution < -0.4 is 0 Å². The molecule has 0 spiro atoms. The lowest BCUT2D eigenvalue weighted by atomic mass is 9.73. The Hall–Kier alpha value is -4.80. The summed E-state index contributed by atoms with van der Waals surface area (Å²) in [4.78, 5) is 46.5. The lowest BCUT2D eigenvalue weighted by Gasteiger charge is -2.49. The summed E-state index contributed by atoms with van der Waals surface area (Å²) in [6.45, 7) is 6.83. The second-order valence-corrected chi connectivity index (χ2v) is 16.2. The van der Waals surface area contributed by atoms with Crippen molar-refractivity contribution >= 4 is 12.2 Å². The second-order valence-electron chi connectivity index (χ2n) is 16.2. The van der Waals surface area contributed by atoms with Crippen LogP contribution in [0, 0.1) is 11.8 Å². The molecular formula is C44H48N6O4. The molecule has 10 heterocycles. The van der Waals surface area contributed by atoms with Crippen molar-refractivity contribution in [1.82, 2.24) is 29.6 Å². The largest absolute Gasteiger partial charge is 0.444 e. The quantitative estimate of drug-likeness (QED) is 0.240. The van der Waals surface area contributed by atoms with Crippen molar-refractivity contribution < 1.29 is 19.1 Å². The highest BCUT2D eigenvalue weighted by atomic mass is 16.6. The predicted octanol–water partition coefficient (Wildman–Crippen LogP) is 6.23. The molecule has 2 aromatic carbocycles. The zero-order valence-electron chi connectivity index (χ0n) is 30.7. The Morgan fingerprint density at radius 1 is 0.630 bits per heavy atom. The minimum atomic E-state index is -0.280. The highest BCUT2D eigenvalue weighted by Crippen LogP contribution is 2.44. The first-order chi connectivity index (χ1) is 26.6. The number of pyridine rings is 2. The molecule has 10 nitrogen and oxygen atoms in total. The van der Waals surface area contributed by atoms with Crippen LogP contribution in [0.4, 0.5) is 9.59 Å². The molecule has 12 rings (SSSR count). The van der Waals surface area contributed by atoms with Crippen molar-refractivity contribution in [1.29, 1.82) is 0 Å².